The van der Waals surface area contributed by atoms with Gasteiger partial charge in [-0.1, -0.05) is 12.1 Å². The molecule has 4 heteroatoms. The second-order valence-electron chi connectivity index (χ2n) is 8.58. The third-order valence-corrected chi connectivity index (χ3v) is 5.56. The van der Waals surface area contributed by atoms with Gasteiger partial charge in [0.2, 0.25) is 0 Å². The van der Waals surface area contributed by atoms with Gasteiger partial charge in [-0.3, -0.25) is 4.79 Å². The van der Waals surface area contributed by atoms with Gasteiger partial charge in [-0.15, -0.1) is 0 Å². The van der Waals surface area contributed by atoms with Gasteiger partial charge in [0.05, 0.1) is 11.5 Å². The standard InChI is InChI=1S/C21H28O4/c1-21(2,3)25-20(24)18-12-17(18)15-8-4-13(5-9-15)14-6-10-16(11-7-14)19(22)23/h6-7,10-11,13,15,17-18H,4-5,8-9,12H2,1-3H3,(H,22,23)/t13?,15?,17-,18+/m1/s1. The number of hydrogen-bond acceptors (Lipinski definition) is 3. The van der Waals surface area contributed by atoms with Crippen LogP contribution in [-0.2, 0) is 9.53 Å². The number of carbonyl (C=O) groups excluding carboxylic acids is 1. The van der Waals surface area contributed by atoms with Crippen molar-refractivity contribution in [3.63, 3.8) is 0 Å². The molecule has 0 amide bonds. The summed E-state index contributed by atoms with van der Waals surface area (Å²) < 4.78 is 5.52. The Balaban J connectivity index is 1.50. The molecule has 2 aliphatic rings. The third-order valence-electron chi connectivity index (χ3n) is 5.56. The summed E-state index contributed by atoms with van der Waals surface area (Å²) in [7, 11) is 0. The fourth-order valence-electron chi connectivity index (χ4n) is 4.16. The molecule has 25 heavy (non-hydrogen) atoms. The zero-order chi connectivity index (χ0) is 18.2. The monoisotopic (exact) mass is 344 g/mol. The Morgan fingerprint density at radius 1 is 1.04 bits per heavy atom. The van der Waals surface area contributed by atoms with Crippen LogP contribution >= 0.6 is 0 Å². The molecule has 2 aliphatic carbocycles. The van der Waals surface area contributed by atoms with Crippen LogP contribution in [0.25, 0.3) is 0 Å². The van der Waals surface area contributed by atoms with Crippen LogP contribution in [-0.4, -0.2) is 22.6 Å². The molecule has 0 heterocycles. The van der Waals surface area contributed by atoms with E-state index in [1.807, 2.05) is 32.9 Å². The summed E-state index contributed by atoms with van der Waals surface area (Å²) in [5.41, 5.74) is 1.18. The number of ether oxygens (including phenoxy) is 1. The molecule has 0 aliphatic heterocycles. The summed E-state index contributed by atoms with van der Waals surface area (Å²) in [5.74, 6) is 0.853. The van der Waals surface area contributed by atoms with Crippen molar-refractivity contribution in [3.8, 4) is 0 Å². The first-order valence-electron chi connectivity index (χ1n) is 9.30. The van der Waals surface area contributed by atoms with Gasteiger partial charge in [-0.25, -0.2) is 4.79 Å². The van der Waals surface area contributed by atoms with E-state index in [1.165, 1.54) is 5.56 Å². The zero-order valence-electron chi connectivity index (χ0n) is 15.3. The predicted molar refractivity (Wildman–Crippen MR) is 95.5 cm³/mol. The topological polar surface area (TPSA) is 63.6 Å². The molecule has 0 saturated heterocycles. The van der Waals surface area contributed by atoms with Crippen molar-refractivity contribution in [2.75, 3.05) is 0 Å². The van der Waals surface area contributed by atoms with Gasteiger partial charge < -0.3 is 9.84 Å². The van der Waals surface area contributed by atoms with Gasteiger partial charge in [-0.05, 0) is 88.3 Å². The summed E-state index contributed by atoms with van der Waals surface area (Å²) in [6.07, 6.45) is 5.52. The van der Waals surface area contributed by atoms with Crippen molar-refractivity contribution in [3.05, 3.63) is 35.4 Å². The third kappa shape index (κ3) is 4.42. The fraction of sp³-hybridized carbons (Fsp3) is 0.619. The number of esters is 1. The number of benzene rings is 1. The number of aromatic carboxylic acids is 1. The van der Waals surface area contributed by atoms with E-state index in [0.29, 0.717) is 23.3 Å². The molecule has 0 bridgehead atoms. The van der Waals surface area contributed by atoms with Gasteiger partial charge >= 0.3 is 11.9 Å². The first-order chi connectivity index (χ1) is 11.7. The molecule has 4 nitrogen and oxygen atoms in total. The highest BCUT2D eigenvalue weighted by Crippen LogP contribution is 2.52. The first-order valence-corrected chi connectivity index (χ1v) is 9.30. The smallest absolute Gasteiger partial charge is 0.335 e. The lowest BCUT2D eigenvalue weighted by atomic mass is 9.76. The second kappa shape index (κ2) is 6.81. The molecule has 136 valence electrons. The van der Waals surface area contributed by atoms with Crippen molar-refractivity contribution < 1.29 is 19.4 Å². The van der Waals surface area contributed by atoms with Gasteiger partial charge in [0.15, 0.2) is 0 Å². The second-order valence-corrected chi connectivity index (χ2v) is 8.58. The maximum atomic E-state index is 12.2. The Kier molecular flexibility index (Phi) is 4.90. The molecule has 1 N–H and O–H groups in total. The van der Waals surface area contributed by atoms with E-state index >= 15 is 0 Å². The molecular formula is C21H28O4. The van der Waals surface area contributed by atoms with Crippen LogP contribution in [0.2, 0.25) is 0 Å². The number of hydrogen-bond donors (Lipinski definition) is 1. The maximum Gasteiger partial charge on any atom is 0.335 e. The van der Waals surface area contributed by atoms with Gasteiger partial charge in [0.25, 0.3) is 0 Å². The minimum Gasteiger partial charge on any atom is -0.478 e. The average Bonchev–Trinajstić information content (AvgIpc) is 3.34. The highest BCUT2D eigenvalue weighted by Gasteiger charge is 2.49. The summed E-state index contributed by atoms with van der Waals surface area (Å²) in [4.78, 5) is 23.1. The van der Waals surface area contributed by atoms with Crippen molar-refractivity contribution in [2.45, 2.75) is 64.4 Å². The quantitative estimate of drug-likeness (QED) is 0.809. The van der Waals surface area contributed by atoms with E-state index in [-0.39, 0.29) is 11.9 Å². The predicted octanol–water partition coefficient (Wildman–Crippen LogP) is 4.64. The van der Waals surface area contributed by atoms with Crippen LogP contribution in [0.15, 0.2) is 24.3 Å². The van der Waals surface area contributed by atoms with Gasteiger partial charge in [0.1, 0.15) is 5.60 Å². The molecule has 2 saturated carbocycles. The van der Waals surface area contributed by atoms with Crippen LogP contribution in [0.4, 0.5) is 0 Å². The molecule has 1 aromatic carbocycles. The number of rotatable bonds is 4. The molecule has 0 radical (unpaired) electrons. The summed E-state index contributed by atoms with van der Waals surface area (Å²) in [5, 5.41) is 8.99. The Bertz CT molecular complexity index is 633. The largest absolute Gasteiger partial charge is 0.478 e. The van der Waals surface area contributed by atoms with E-state index in [4.69, 9.17) is 9.84 Å². The molecular weight excluding hydrogens is 316 g/mol. The Morgan fingerprint density at radius 3 is 2.16 bits per heavy atom. The lowest BCUT2D eigenvalue weighted by molar-refractivity contribution is -0.157. The molecule has 3 rings (SSSR count). The molecule has 0 aromatic heterocycles. The van der Waals surface area contributed by atoms with Gasteiger partial charge in [-0.2, -0.15) is 0 Å². The minimum absolute atomic E-state index is 0.0242. The highest BCUT2D eigenvalue weighted by molar-refractivity contribution is 5.87. The highest BCUT2D eigenvalue weighted by atomic mass is 16.6. The van der Waals surface area contributed by atoms with E-state index in [9.17, 15) is 9.59 Å². The zero-order valence-corrected chi connectivity index (χ0v) is 15.3. The lowest BCUT2D eigenvalue weighted by Crippen LogP contribution is -2.26. The van der Waals surface area contributed by atoms with Crippen molar-refractivity contribution >= 4 is 11.9 Å². The van der Waals surface area contributed by atoms with Crippen LogP contribution < -0.4 is 0 Å². The van der Waals surface area contributed by atoms with Crippen molar-refractivity contribution in [1.82, 2.24) is 0 Å². The first kappa shape index (κ1) is 18.0. The van der Waals surface area contributed by atoms with E-state index in [0.717, 1.165) is 32.1 Å². The Morgan fingerprint density at radius 2 is 1.64 bits per heavy atom. The summed E-state index contributed by atoms with van der Waals surface area (Å²) in [6.45, 7) is 5.76. The SMILES string of the molecule is CC(C)(C)OC(=O)[C@H]1C[C@@H]1C1CCC(c2ccc(C(=O)O)cc2)CC1. The number of carbonyl (C=O) groups is 2. The maximum absolute atomic E-state index is 12.2. The normalized spacial score (nSPS) is 29.1. The number of carboxylic acids is 1. The minimum atomic E-state index is -0.878. The van der Waals surface area contributed by atoms with Crippen LogP contribution in [0.3, 0.4) is 0 Å². The molecule has 0 spiro atoms. The molecule has 1 aromatic rings. The fourth-order valence-corrected chi connectivity index (χ4v) is 4.16. The number of carboxylic acid groups (broad SMARTS) is 1. The Labute approximate surface area is 149 Å². The van der Waals surface area contributed by atoms with Crippen molar-refractivity contribution in [2.24, 2.45) is 17.8 Å². The summed E-state index contributed by atoms with van der Waals surface area (Å²) >= 11 is 0. The average molecular weight is 344 g/mol. The van der Waals surface area contributed by atoms with E-state index in [1.54, 1.807) is 12.1 Å². The van der Waals surface area contributed by atoms with Crippen LogP contribution in [0.5, 0.6) is 0 Å². The molecule has 2 fully saturated rings. The Hall–Kier alpha value is -1.84. The van der Waals surface area contributed by atoms with Crippen LogP contribution in [0.1, 0.15) is 74.7 Å². The van der Waals surface area contributed by atoms with Crippen LogP contribution in [0, 0.1) is 17.8 Å². The van der Waals surface area contributed by atoms with E-state index in [2.05, 4.69) is 0 Å². The summed E-state index contributed by atoms with van der Waals surface area (Å²) in [6, 6.07) is 7.30. The lowest BCUT2D eigenvalue weighted by Gasteiger charge is -2.29. The molecule has 2 atom stereocenters. The molecule has 0 unspecified atom stereocenters. The van der Waals surface area contributed by atoms with Crippen molar-refractivity contribution in [1.29, 1.82) is 0 Å². The van der Waals surface area contributed by atoms with Gasteiger partial charge in [0, 0.05) is 0 Å². The van der Waals surface area contributed by atoms with E-state index < -0.39 is 11.6 Å².